The summed E-state index contributed by atoms with van der Waals surface area (Å²) in [6.45, 7) is 1.80. The molecule has 0 saturated carbocycles. The van der Waals surface area contributed by atoms with Crippen molar-refractivity contribution in [1.82, 2.24) is 15.3 Å². The lowest BCUT2D eigenvalue weighted by molar-refractivity contribution is 0.0929. The van der Waals surface area contributed by atoms with Crippen LogP contribution in [0, 0.1) is 6.92 Å². The Bertz CT molecular complexity index is 1350. The van der Waals surface area contributed by atoms with Crippen LogP contribution in [-0.2, 0) is 6.42 Å². The summed E-state index contributed by atoms with van der Waals surface area (Å²) in [5.41, 5.74) is 4.14. The molecule has 4 rings (SSSR count). The van der Waals surface area contributed by atoms with Crippen LogP contribution in [0.15, 0.2) is 46.3 Å². The topological polar surface area (TPSA) is 99.6 Å². The zero-order chi connectivity index (χ0) is 25.1. The van der Waals surface area contributed by atoms with Crippen LogP contribution >= 0.6 is 11.8 Å². The Morgan fingerprint density at radius 1 is 1.06 bits per heavy atom. The quantitative estimate of drug-likeness (QED) is 0.515. The van der Waals surface area contributed by atoms with E-state index in [1.165, 1.54) is 18.1 Å². The van der Waals surface area contributed by atoms with E-state index in [1.54, 1.807) is 40.4 Å². The molecule has 0 aliphatic heterocycles. The Balaban J connectivity index is 1.94. The number of thioether (sulfide) groups is 1. The molecule has 0 fully saturated rings. The lowest BCUT2D eigenvalue weighted by Crippen LogP contribution is -2.30. The zero-order valence-corrected chi connectivity index (χ0v) is 21.1. The first-order chi connectivity index (χ1) is 16.9. The minimum absolute atomic E-state index is 0.112. The number of hydrogen-bond acceptors (Lipinski definition) is 8. The van der Waals surface area contributed by atoms with Gasteiger partial charge in [0, 0.05) is 11.3 Å². The van der Waals surface area contributed by atoms with Crippen LogP contribution in [0.2, 0.25) is 0 Å². The van der Waals surface area contributed by atoms with E-state index in [9.17, 15) is 9.59 Å². The number of fused-ring (bicyclic) bond motifs is 3. The smallest absolute Gasteiger partial charge is 0.270 e. The van der Waals surface area contributed by atoms with Crippen LogP contribution in [0.3, 0.4) is 0 Å². The summed E-state index contributed by atoms with van der Waals surface area (Å²) in [5.74, 6) is 1.21. The average molecular weight is 494 g/mol. The molecule has 1 aliphatic carbocycles. The fraction of sp³-hybridized carbons (Fsp3) is 0.308. The van der Waals surface area contributed by atoms with Crippen molar-refractivity contribution in [2.24, 2.45) is 0 Å². The molecule has 182 valence electrons. The summed E-state index contributed by atoms with van der Waals surface area (Å²) in [7, 11) is 4.72. The number of hydrogen-bond donors (Lipinski definition) is 1. The zero-order valence-electron chi connectivity index (χ0n) is 20.3. The van der Waals surface area contributed by atoms with Gasteiger partial charge in [0.05, 0.1) is 32.3 Å². The van der Waals surface area contributed by atoms with E-state index in [0.717, 1.165) is 16.7 Å². The molecule has 1 heterocycles. The van der Waals surface area contributed by atoms with E-state index in [1.807, 2.05) is 24.5 Å². The van der Waals surface area contributed by atoms with Crippen molar-refractivity contribution in [3.8, 4) is 28.4 Å². The highest BCUT2D eigenvalue weighted by Gasteiger charge is 2.30. The highest BCUT2D eigenvalue weighted by Crippen LogP contribution is 2.50. The average Bonchev–Trinajstić information content (AvgIpc) is 3.11. The normalized spacial score (nSPS) is 14.3. The maximum absolute atomic E-state index is 13.1. The molecule has 0 saturated heterocycles. The van der Waals surface area contributed by atoms with Crippen LogP contribution in [0.4, 0.5) is 0 Å². The molecule has 1 atom stereocenters. The van der Waals surface area contributed by atoms with Gasteiger partial charge in [-0.25, -0.2) is 9.97 Å². The lowest BCUT2D eigenvalue weighted by atomic mass is 9.95. The number of carbonyl (C=O) groups is 1. The monoisotopic (exact) mass is 493 g/mol. The van der Waals surface area contributed by atoms with Gasteiger partial charge < -0.3 is 19.5 Å². The van der Waals surface area contributed by atoms with E-state index in [-0.39, 0.29) is 17.0 Å². The number of rotatable bonds is 6. The molecule has 1 N–H and O–H groups in total. The Labute approximate surface area is 208 Å². The molecule has 1 aliphatic rings. The van der Waals surface area contributed by atoms with E-state index < -0.39 is 6.04 Å². The van der Waals surface area contributed by atoms with Crippen molar-refractivity contribution in [3.05, 3.63) is 69.4 Å². The summed E-state index contributed by atoms with van der Waals surface area (Å²) >= 11 is 1.38. The van der Waals surface area contributed by atoms with Gasteiger partial charge in [0.1, 0.15) is 12.0 Å². The number of aryl methyl sites for hydroxylation is 2. The minimum Gasteiger partial charge on any atom is -0.493 e. The van der Waals surface area contributed by atoms with Gasteiger partial charge in [-0.15, -0.1) is 11.8 Å². The highest BCUT2D eigenvalue weighted by atomic mass is 32.2. The number of amides is 1. The van der Waals surface area contributed by atoms with E-state index in [0.29, 0.717) is 46.2 Å². The van der Waals surface area contributed by atoms with E-state index >= 15 is 0 Å². The second kappa shape index (κ2) is 10.4. The van der Waals surface area contributed by atoms with Gasteiger partial charge in [-0.05, 0) is 67.0 Å². The van der Waals surface area contributed by atoms with Crippen molar-refractivity contribution in [1.29, 1.82) is 0 Å². The summed E-state index contributed by atoms with van der Waals surface area (Å²) in [5, 5.41) is 3.09. The molecule has 9 heteroatoms. The molecular weight excluding hydrogens is 466 g/mol. The summed E-state index contributed by atoms with van der Waals surface area (Å²) in [6, 6.07) is 8.47. The van der Waals surface area contributed by atoms with Crippen LogP contribution in [0.25, 0.3) is 11.1 Å². The van der Waals surface area contributed by atoms with Gasteiger partial charge in [0.2, 0.25) is 5.75 Å². The van der Waals surface area contributed by atoms with Crippen LogP contribution in [0.1, 0.15) is 39.8 Å². The second-order valence-corrected chi connectivity index (χ2v) is 8.92. The minimum atomic E-state index is -0.434. The number of aromatic nitrogens is 2. The van der Waals surface area contributed by atoms with Crippen LogP contribution in [0.5, 0.6) is 17.2 Å². The third kappa shape index (κ3) is 4.68. The molecule has 35 heavy (non-hydrogen) atoms. The maximum atomic E-state index is 13.1. The number of ether oxygens (including phenoxy) is 3. The van der Waals surface area contributed by atoms with Gasteiger partial charge in [0.25, 0.3) is 5.91 Å². The standard InChI is InChI=1S/C26H27N3O5S/c1-14-10-19(28-13-27-14)26(31)29-18-8-6-15-11-21(32-2)24(33-3)25(34-4)23(15)16-7-9-22(35-5)20(30)12-17(16)18/h7,9-13,18H,6,8H2,1-5H3,(H,29,31)/t18-/m0/s1. The third-order valence-corrected chi connectivity index (χ3v) is 6.84. The summed E-state index contributed by atoms with van der Waals surface area (Å²) in [6.07, 6.45) is 4.40. The van der Waals surface area contributed by atoms with Gasteiger partial charge >= 0.3 is 0 Å². The van der Waals surface area contributed by atoms with Crippen LogP contribution in [-0.4, -0.2) is 43.5 Å². The first kappa shape index (κ1) is 24.5. The Hall–Kier alpha value is -3.59. The molecule has 0 radical (unpaired) electrons. The SMILES string of the molecule is COc1cc2c(c(OC)c1OC)-c1ccc(SC)c(=O)cc1[C@@H](NC(=O)c1cc(C)ncn1)CC2. The fourth-order valence-electron chi connectivity index (χ4n) is 4.43. The first-order valence-electron chi connectivity index (χ1n) is 11.1. The molecule has 8 nitrogen and oxygen atoms in total. The number of carbonyl (C=O) groups excluding carboxylic acids is 1. The predicted molar refractivity (Wildman–Crippen MR) is 135 cm³/mol. The summed E-state index contributed by atoms with van der Waals surface area (Å²) < 4.78 is 17.0. The van der Waals surface area contributed by atoms with E-state index in [4.69, 9.17) is 14.2 Å². The van der Waals surface area contributed by atoms with Gasteiger partial charge in [-0.3, -0.25) is 9.59 Å². The molecule has 0 unspecified atom stereocenters. The largest absolute Gasteiger partial charge is 0.493 e. The number of methoxy groups -OCH3 is 3. The number of nitrogens with one attached hydrogen (secondary N) is 1. The molecule has 0 bridgehead atoms. The van der Waals surface area contributed by atoms with Gasteiger partial charge in [-0.1, -0.05) is 6.07 Å². The Morgan fingerprint density at radius 2 is 1.83 bits per heavy atom. The van der Waals surface area contributed by atoms with Crippen molar-refractivity contribution in [2.75, 3.05) is 27.6 Å². The van der Waals surface area contributed by atoms with Crippen molar-refractivity contribution >= 4 is 17.7 Å². The highest BCUT2D eigenvalue weighted by molar-refractivity contribution is 7.98. The van der Waals surface area contributed by atoms with Gasteiger partial charge in [0.15, 0.2) is 16.9 Å². The fourth-order valence-corrected chi connectivity index (χ4v) is 4.89. The Morgan fingerprint density at radius 3 is 2.49 bits per heavy atom. The molecule has 3 aromatic rings. The molecule has 1 amide bonds. The first-order valence-corrected chi connectivity index (χ1v) is 12.3. The predicted octanol–water partition coefficient (Wildman–Crippen LogP) is 3.98. The van der Waals surface area contributed by atoms with Crippen molar-refractivity contribution in [3.63, 3.8) is 0 Å². The number of benzene rings is 1. The maximum Gasteiger partial charge on any atom is 0.270 e. The van der Waals surface area contributed by atoms with Gasteiger partial charge in [-0.2, -0.15) is 0 Å². The third-order valence-electron chi connectivity index (χ3n) is 6.06. The van der Waals surface area contributed by atoms with Crippen molar-refractivity contribution < 1.29 is 19.0 Å². The molecular formula is C26H27N3O5S. The molecule has 1 aromatic heterocycles. The Kier molecular flexibility index (Phi) is 7.25. The lowest BCUT2D eigenvalue weighted by Gasteiger charge is -2.20. The number of nitrogens with zero attached hydrogens (tertiary/aromatic N) is 2. The molecule has 2 aromatic carbocycles. The van der Waals surface area contributed by atoms with Crippen molar-refractivity contribution in [2.45, 2.75) is 30.7 Å². The molecule has 0 spiro atoms. The van der Waals surface area contributed by atoms with E-state index in [2.05, 4.69) is 15.3 Å². The van der Waals surface area contributed by atoms with Crippen LogP contribution < -0.4 is 25.0 Å². The summed E-state index contributed by atoms with van der Waals surface area (Å²) in [4.78, 5) is 34.9. The second-order valence-electron chi connectivity index (χ2n) is 8.07.